The molecule has 0 aliphatic rings. The molecule has 0 atom stereocenters. The number of rotatable bonds is 11. The molecule has 0 amide bonds. The van der Waals surface area contributed by atoms with Gasteiger partial charge in [-0.1, -0.05) is 113 Å². The molecule has 0 spiro atoms. The number of aromatic nitrogens is 2. The third-order valence-electron chi connectivity index (χ3n) is 9.07. The predicted molar refractivity (Wildman–Crippen MR) is 217 cm³/mol. The Labute approximate surface area is 331 Å². The van der Waals surface area contributed by atoms with Crippen LogP contribution in [-0.4, -0.2) is 9.97 Å². The van der Waals surface area contributed by atoms with Crippen LogP contribution in [-0.2, 0) is 32.9 Å². The molecule has 0 aliphatic carbocycles. The number of hydrogen-bond acceptors (Lipinski definition) is 2. The minimum absolute atomic E-state index is 0. The van der Waals surface area contributed by atoms with Crippen molar-refractivity contribution < 1.29 is 20.1 Å². The van der Waals surface area contributed by atoms with Crippen molar-refractivity contribution in [1.29, 1.82) is 0 Å². The van der Waals surface area contributed by atoms with Gasteiger partial charge in [0.15, 0.2) is 0 Å². The molecule has 0 bridgehead atoms. The van der Waals surface area contributed by atoms with E-state index in [0.29, 0.717) is 0 Å². The second-order valence-electron chi connectivity index (χ2n) is 13.0. The van der Waals surface area contributed by atoms with Gasteiger partial charge in [0.25, 0.3) is 0 Å². The SMILES string of the molecule is Brc1ccc(CCCCCCc2ccc(-c3cc[c-]c(-c4ccccn4)c3)cc2)cc1.Cc1ccc(C)c(-c2cc[c-]c(-c3ccccn3)c2)c1.[Ir]. The fraction of sp³-hybridized carbons (Fsp3) is 0.167. The van der Waals surface area contributed by atoms with E-state index in [1.54, 1.807) is 0 Å². The third-order valence-corrected chi connectivity index (χ3v) is 9.60. The summed E-state index contributed by atoms with van der Waals surface area (Å²) in [5, 5.41) is 0. The van der Waals surface area contributed by atoms with E-state index in [-0.39, 0.29) is 20.1 Å². The maximum atomic E-state index is 4.44. The molecule has 1 radical (unpaired) electrons. The minimum Gasteiger partial charge on any atom is -0.305 e. The van der Waals surface area contributed by atoms with Crippen LogP contribution < -0.4 is 0 Å². The number of halogens is 1. The first-order valence-electron chi connectivity index (χ1n) is 17.8. The van der Waals surface area contributed by atoms with Crippen LogP contribution in [0.25, 0.3) is 44.8 Å². The zero-order chi connectivity index (χ0) is 35.3. The van der Waals surface area contributed by atoms with Crippen molar-refractivity contribution in [3.05, 3.63) is 191 Å². The average molecular weight is 920 g/mol. The first-order valence-corrected chi connectivity index (χ1v) is 18.6. The number of nitrogens with zero attached hydrogens (tertiary/aromatic N) is 2. The molecule has 0 aliphatic heterocycles. The fourth-order valence-corrected chi connectivity index (χ4v) is 6.46. The summed E-state index contributed by atoms with van der Waals surface area (Å²) in [5.41, 5.74) is 14.3. The van der Waals surface area contributed by atoms with Crippen LogP contribution in [0, 0.1) is 26.0 Å². The number of unbranched alkanes of at least 4 members (excludes halogenated alkanes) is 3. The molecule has 0 N–H and O–H groups in total. The first-order chi connectivity index (χ1) is 25.0. The van der Waals surface area contributed by atoms with E-state index in [0.717, 1.165) is 33.4 Å². The van der Waals surface area contributed by atoms with Gasteiger partial charge in [-0.3, -0.25) is 0 Å². The van der Waals surface area contributed by atoms with Crippen LogP contribution in [0.4, 0.5) is 0 Å². The van der Waals surface area contributed by atoms with Crippen molar-refractivity contribution in [3.63, 3.8) is 0 Å². The molecular formula is C48H43BrIrN2-2. The van der Waals surface area contributed by atoms with Gasteiger partial charge in [0.2, 0.25) is 0 Å². The standard InChI is InChI=1S/C29H27BrN.C19H16N.Ir/c30-28-19-15-24(16-20-28)9-4-2-1-3-8-23-13-17-25(18-14-23)26-10-7-11-27(22-26)29-12-5-6-21-31-29;1-14-9-10-15(2)18(12-14)16-6-5-7-17(13-16)19-8-3-4-11-20-19;/h5-7,10,12-22H,1-4,8-9H2;3-6,8-13H,1-2H3;/q2*-1;. The number of aryl methyl sites for hydroxylation is 4. The smallest absolute Gasteiger partial charge is 0.0175 e. The van der Waals surface area contributed by atoms with E-state index in [1.807, 2.05) is 60.9 Å². The van der Waals surface area contributed by atoms with Gasteiger partial charge < -0.3 is 9.97 Å². The Morgan fingerprint density at radius 2 is 1.06 bits per heavy atom. The van der Waals surface area contributed by atoms with Crippen molar-refractivity contribution in [2.45, 2.75) is 52.4 Å². The van der Waals surface area contributed by atoms with Crippen molar-refractivity contribution >= 4 is 15.9 Å². The monoisotopic (exact) mass is 919 g/mol. The molecule has 2 aromatic heterocycles. The Morgan fingerprint density at radius 1 is 0.519 bits per heavy atom. The van der Waals surface area contributed by atoms with Crippen molar-refractivity contribution in [2.24, 2.45) is 0 Å². The molecule has 2 nitrogen and oxygen atoms in total. The molecule has 0 fully saturated rings. The molecule has 7 aromatic rings. The van der Waals surface area contributed by atoms with Gasteiger partial charge in [-0.25, -0.2) is 0 Å². The molecule has 7 rings (SSSR count). The van der Waals surface area contributed by atoms with Crippen LogP contribution in [0.2, 0.25) is 0 Å². The quantitative estimate of drug-likeness (QED) is 0.0954. The molecule has 0 unspecified atom stereocenters. The summed E-state index contributed by atoms with van der Waals surface area (Å²) in [6.45, 7) is 4.27. The summed E-state index contributed by atoms with van der Waals surface area (Å²) in [6.07, 6.45) is 11.1. The number of benzene rings is 5. The fourth-order valence-electron chi connectivity index (χ4n) is 6.19. The van der Waals surface area contributed by atoms with Gasteiger partial charge in [-0.15, -0.1) is 70.8 Å². The first kappa shape index (κ1) is 38.8. The molecule has 2 heterocycles. The predicted octanol–water partition coefficient (Wildman–Crippen LogP) is 13.2. The van der Waals surface area contributed by atoms with Crippen molar-refractivity contribution in [2.75, 3.05) is 0 Å². The second-order valence-corrected chi connectivity index (χ2v) is 13.9. The van der Waals surface area contributed by atoms with E-state index < -0.39 is 0 Å². The van der Waals surface area contributed by atoms with Crippen LogP contribution >= 0.6 is 15.9 Å². The van der Waals surface area contributed by atoms with Gasteiger partial charge in [0.1, 0.15) is 0 Å². The summed E-state index contributed by atoms with van der Waals surface area (Å²) in [4.78, 5) is 8.83. The summed E-state index contributed by atoms with van der Waals surface area (Å²) in [6, 6.07) is 55.3. The molecule has 4 heteroatoms. The van der Waals surface area contributed by atoms with Gasteiger partial charge in [0.05, 0.1) is 0 Å². The average Bonchev–Trinajstić information content (AvgIpc) is 3.19. The topological polar surface area (TPSA) is 25.8 Å². The number of hydrogen-bond donors (Lipinski definition) is 0. The Balaban J connectivity index is 0.000000215. The zero-order valence-electron chi connectivity index (χ0n) is 29.8. The Kier molecular flexibility index (Phi) is 14.9. The molecule has 0 saturated carbocycles. The van der Waals surface area contributed by atoms with Gasteiger partial charge in [-0.05, 0) is 103 Å². The minimum atomic E-state index is 0. The summed E-state index contributed by atoms with van der Waals surface area (Å²) < 4.78 is 1.15. The van der Waals surface area contributed by atoms with E-state index in [9.17, 15) is 0 Å². The normalized spacial score (nSPS) is 10.5. The Bertz CT molecular complexity index is 2110. The Hall–Kier alpha value is -4.47. The summed E-state index contributed by atoms with van der Waals surface area (Å²) >= 11 is 3.50. The third kappa shape index (κ3) is 11.3. The van der Waals surface area contributed by atoms with E-state index in [1.165, 1.54) is 76.6 Å². The number of pyridine rings is 2. The van der Waals surface area contributed by atoms with Gasteiger partial charge in [-0.2, -0.15) is 0 Å². The van der Waals surface area contributed by atoms with Gasteiger partial charge >= 0.3 is 0 Å². The molecule has 263 valence electrons. The largest absolute Gasteiger partial charge is 0.305 e. The maximum Gasteiger partial charge on any atom is 0.0175 e. The molecular weight excluding hydrogens is 877 g/mol. The van der Waals surface area contributed by atoms with Crippen molar-refractivity contribution in [1.82, 2.24) is 9.97 Å². The molecule has 5 aromatic carbocycles. The van der Waals surface area contributed by atoms with E-state index in [2.05, 4.69) is 143 Å². The van der Waals surface area contributed by atoms with Crippen LogP contribution in [0.3, 0.4) is 0 Å². The molecule has 0 saturated heterocycles. The Morgan fingerprint density at radius 3 is 1.62 bits per heavy atom. The summed E-state index contributed by atoms with van der Waals surface area (Å²) in [7, 11) is 0. The van der Waals surface area contributed by atoms with Crippen LogP contribution in [0.1, 0.15) is 47.9 Å². The second kappa shape index (κ2) is 20.0. The van der Waals surface area contributed by atoms with E-state index in [4.69, 9.17) is 0 Å². The van der Waals surface area contributed by atoms with Crippen LogP contribution in [0.15, 0.2) is 156 Å². The van der Waals surface area contributed by atoms with Crippen LogP contribution in [0.5, 0.6) is 0 Å². The van der Waals surface area contributed by atoms with Gasteiger partial charge in [0, 0.05) is 37.0 Å². The van der Waals surface area contributed by atoms with Crippen molar-refractivity contribution in [3.8, 4) is 44.8 Å². The van der Waals surface area contributed by atoms with E-state index >= 15 is 0 Å². The molecule has 52 heavy (non-hydrogen) atoms. The maximum absolute atomic E-state index is 4.44. The zero-order valence-corrected chi connectivity index (χ0v) is 33.8. The summed E-state index contributed by atoms with van der Waals surface area (Å²) in [5.74, 6) is 0.